The number of nitrogens with one attached hydrogen (secondary N) is 1. The zero-order chi connectivity index (χ0) is 26.6. The highest BCUT2D eigenvalue weighted by Gasteiger charge is 2.45. The number of nitrogens with zero attached hydrogens (tertiary/aromatic N) is 5. The van der Waals surface area contributed by atoms with Crippen molar-refractivity contribution in [3.63, 3.8) is 0 Å². The molecule has 2 saturated heterocycles. The molecule has 196 valence electrons. The van der Waals surface area contributed by atoms with E-state index in [-0.39, 0.29) is 28.7 Å². The molecule has 2 fully saturated rings. The minimum Gasteiger partial charge on any atom is -0.382 e. The van der Waals surface area contributed by atoms with E-state index in [0.717, 1.165) is 35.9 Å². The first-order valence-corrected chi connectivity index (χ1v) is 14.3. The molecule has 2 atom stereocenters. The van der Waals surface area contributed by atoms with Gasteiger partial charge in [0.15, 0.2) is 15.5 Å². The summed E-state index contributed by atoms with van der Waals surface area (Å²) in [5.41, 5.74) is 12.3. The highest BCUT2D eigenvalue weighted by atomic mass is 32.2. The summed E-state index contributed by atoms with van der Waals surface area (Å²) in [4.78, 5) is 23.3. The van der Waals surface area contributed by atoms with Gasteiger partial charge < -0.3 is 10.6 Å². The molecule has 12 heteroatoms. The molecule has 0 saturated carbocycles. The summed E-state index contributed by atoms with van der Waals surface area (Å²) in [7, 11) is -3.74. The van der Waals surface area contributed by atoms with Crippen LogP contribution >= 0.6 is 0 Å². The zero-order valence-electron chi connectivity index (χ0n) is 20.7. The lowest BCUT2D eigenvalue weighted by atomic mass is 9.88. The molecule has 2 aliphatic heterocycles. The second kappa shape index (κ2) is 9.07. The van der Waals surface area contributed by atoms with Crippen LogP contribution in [0.4, 0.5) is 10.6 Å². The lowest BCUT2D eigenvalue weighted by molar-refractivity contribution is 0.0929. The predicted molar refractivity (Wildman–Crippen MR) is 140 cm³/mol. The summed E-state index contributed by atoms with van der Waals surface area (Å²) in [6.45, 7) is 0. The van der Waals surface area contributed by atoms with E-state index in [9.17, 15) is 18.4 Å². The molecule has 38 heavy (non-hydrogen) atoms. The van der Waals surface area contributed by atoms with Gasteiger partial charge in [0.05, 0.1) is 17.6 Å². The third-order valence-electron chi connectivity index (χ3n) is 7.63. The van der Waals surface area contributed by atoms with Crippen molar-refractivity contribution in [1.29, 1.82) is 0 Å². The summed E-state index contributed by atoms with van der Waals surface area (Å²) < 4.78 is 27.2. The number of hydrogen-bond donors (Lipinski definition) is 3. The van der Waals surface area contributed by atoms with Crippen LogP contribution in [0.5, 0.6) is 0 Å². The average Bonchev–Trinajstić information content (AvgIpc) is 3.46. The number of fused-ring (bicyclic) bond motifs is 3. The Morgan fingerprint density at radius 2 is 1.76 bits per heavy atom. The normalized spacial score (nSPS) is 21.1. The van der Waals surface area contributed by atoms with E-state index in [0.29, 0.717) is 29.7 Å². The molecule has 5 heterocycles. The van der Waals surface area contributed by atoms with Gasteiger partial charge in [0.25, 0.3) is 0 Å². The van der Waals surface area contributed by atoms with Crippen molar-refractivity contribution in [1.82, 2.24) is 30.0 Å². The molecular formula is C26H27N7O4S. The van der Waals surface area contributed by atoms with E-state index < -0.39 is 15.9 Å². The number of sulfone groups is 1. The Bertz CT molecular complexity index is 1620. The lowest BCUT2D eigenvalue weighted by Crippen LogP contribution is -2.49. The number of rotatable bonds is 4. The summed E-state index contributed by atoms with van der Waals surface area (Å²) >= 11 is 0. The maximum Gasteiger partial charge on any atom is 0.341 e. The van der Waals surface area contributed by atoms with Crippen molar-refractivity contribution in [3.05, 3.63) is 60.6 Å². The molecule has 2 bridgehead atoms. The van der Waals surface area contributed by atoms with Crippen LogP contribution in [-0.2, 0) is 9.84 Å². The van der Waals surface area contributed by atoms with Crippen LogP contribution in [0.15, 0.2) is 59.8 Å². The fraction of sp³-hybridized carbons (Fsp3) is 0.308. The number of benzene rings is 1. The van der Waals surface area contributed by atoms with Gasteiger partial charge in [-0.15, -0.1) is 0 Å². The minimum atomic E-state index is -3.74. The van der Waals surface area contributed by atoms with Crippen molar-refractivity contribution in [2.24, 2.45) is 0 Å². The number of nitrogens with two attached hydrogens (primary N) is 1. The molecule has 4 aromatic rings. The molecule has 0 spiro atoms. The van der Waals surface area contributed by atoms with Crippen molar-refractivity contribution < 1.29 is 18.4 Å². The van der Waals surface area contributed by atoms with Gasteiger partial charge in [0.2, 0.25) is 0 Å². The Morgan fingerprint density at radius 1 is 1.05 bits per heavy atom. The first kappa shape index (κ1) is 24.3. The van der Waals surface area contributed by atoms with Crippen LogP contribution in [0, 0.1) is 0 Å². The van der Waals surface area contributed by atoms with Crippen molar-refractivity contribution >= 4 is 27.3 Å². The molecule has 4 N–H and O–H groups in total. The number of carbonyl (C=O) groups excluding carboxylic acids is 1. The number of carbonyl (C=O) groups is 1. The summed E-state index contributed by atoms with van der Waals surface area (Å²) in [6.07, 6.45) is 7.07. The average molecular weight is 534 g/mol. The van der Waals surface area contributed by atoms with E-state index in [1.807, 2.05) is 42.5 Å². The number of urea groups is 1. The van der Waals surface area contributed by atoms with Gasteiger partial charge >= 0.3 is 6.03 Å². The van der Waals surface area contributed by atoms with Crippen LogP contribution in [0.1, 0.15) is 37.3 Å². The molecular weight excluding hydrogens is 506 g/mol. The highest BCUT2D eigenvalue weighted by Crippen LogP contribution is 2.45. The number of pyridine rings is 1. The molecule has 1 aromatic carbocycles. The van der Waals surface area contributed by atoms with Crippen molar-refractivity contribution in [3.8, 4) is 22.4 Å². The second-order valence-corrected chi connectivity index (χ2v) is 11.9. The topological polar surface area (TPSA) is 156 Å². The molecule has 0 radical (unpaired) electrons. The number of hydrogen-bond acceptors (Lipinski definition) is 8. The minimum absolute atomic E-state index is 0.00972. The number of nitrogen functional groups attached to an aromatic ring is 1. The second-order valence-electron chi connectivity index (χ2n) is 9.95. The summed E-state index contributed by atoms with van der Waals surface area (Å²) in [6, 6.07) is 12.9. The number of hydroxylamine groups is 1. The van der Waals surface area contributed by atoms with Gasteiger partial charge in [0, 0.05) is 47.1 Å². The fourth-order valence-corrected chi connectivity index (χ4v) is 7.06. The van der Waals surface area contributed by atoms with Crippen LogP contribution < -0.4 is 11.2 Å². The van der Waals surface area contributed by atoms with Crippen molar-refractivity contribution in [2.45, 2.75) is 48.6 Å². The van der Waals surface area contributed by atoms with Crippen LogP contribution in [0.2, 0.25) is 0 Å². The zero-order valence-corrected chi connectivity index (χ0v) is 21.5. The fourth-order valence-electron chi connectivity index (χ4n) is 6.00. The van der Waals surface area contributed by atoms with E-state index in [2.05, 4.69) is 10.1 Å². The standard InChI is InChI=1S/C26H27N7O4S/c1-38(36,37)23-22(17-11-18-8-9-19(12-17)32(18)26(34)31-35)30-25-20(14-29-33(25)24(23)27)16-7-10-21(28-13-16)15-5-3-2-4-6-15/h2-7,10,13-14,17-19,35H,8-9,11-12,27H2,1H3,(H,31,34). The molecule has 11 nitrogen and oxygen atoms in total. The molecule has 0 aliphatic carbocycles. The smallest absolute Gasteiger partial charge is 0.341 e. The summed E-state index contributed by atoms with van der Waals surface area (Å²) in [5, 5.41) is 13.5. The maximum atomic E-state index is 12.9. The van der Waals surface area contributed by atoms with Gasteiger partial charge in [-0.2, -0.15) is 9.61 Å². The molecule has 3 aromatic heterocycles. The number of amides is 2. The Balaban J connectivity index is 1.44. The van der Waals surface area contributed by atoms with Crippen LogP contribution in [-0.4, -0.2) is 62.5 Å². The van der Waals surface area contributed by atoms with Gasteiger partial charge in [-0.3, -0.25) is 10.2 Å². The number of aromatic nitrogens is 4. The molecule has 2 aliphatic rings. The van der Waals surface area contributed by atoms with Gasteiger partial charge in [-0.1, -0.05) is 36.4 Å². The Kier molecular flexibility index (Phi) is 5.80. The van der Waals surface area contributed by atoms with E-state index in [1.54, 1.807) is 22.8 Å². The first-order chi connectivity index (χ1) is 18.3. The first-order valence-electron chi connectivity index (χ1n) is 12.4. The van der Waals surface area contributed by atoms with Crippen molar-refractivity contribution in [2.75, 3.05) is 12.0 Å². The van der Waals surface area contributed by atoms with Gasteiger partial charge in [-0.25, -0.2) is 23.7 Å². The van der Waals surface area contributed by atoms with E-state index in [4.69, 9.17) is 10.7 Å². The Labute approximate surface area is 219 Å². The van der Waals surface area contributed by atoms with E-state index >= 15 is 0 Å². The maximum absolute atomic E-state index is 12.9. The lowest BCUT2D eigenvalue weighted by Gasteiger charge is -2.38. The Morgan fingerprint density at radius 3 is 2.37 bits per heavy atom. The predicted octanol–water partition coefficient (Wildman–Crippen LogP) is 3.25. The largest absolute Gasteiger partial charge is 0.382 e. The third kappa shape index (κ3) is 3.96. The third-order valence-corrected chi connectivity index (χ3v) is 8.79. The quantitative estimate of drug-likeness (QED) is 0.267. The SMILES string of the molecule is CS(=O)(=O)c1c(C2CC3CCC(C2)N3C(=O)NO)nc2c(-c3ccc(-c4ccccc4)nc3)cnn2c1N. The number of piperidine rings is 1. The van der Waals surface area contributed by atoms with Gasteiger partial charge in [-0.05, 0) is 31.7 Å². The van der Waals surface area contributed by atoms with Gasteiger partial charge in [0.1, 0.15) is 10.7 Å². The molecule has 2 amide bonds. The van der Waals surface area contributed by atoms with E-state index in [1.165, 1.54) is 4.52 Å². The highest BCUT2D eigenvalue weighted by molar-refractivity contribution is 7.91. The Hall–Kier alpha value is -4.03. The van der Waals surface area contributed by atoms with Crippen LogP contribution in [0.3, 0.4) is 0 Å². The molecule has 2 unspecified atom stereocenters. The monoisotopic (exact) mass is 533 g/mol. The van der Waals surface area contributed by atoms with Crippen LogP contribution in [0.25, 0.3) is 28.0 Å². The molecule has 6 rings (SSSR count). The summed E-state index contributed by atoms with van der Waals surface area (Å²) in [5.74, 6) is -0.218. The number of anilines is 1.